The Kier molecular flexibility index (Phi) is 15.6. The molecule has 4 nitrogen and oxygen atoms in total. The van der Waals surface area contributed by atoms with E-state index < -0.39 is 0 Å². The zero-order chi connectivity index (χ0) is 25.8. The molecule has 0 atom stereocenters. The van der Waals surface area contributed by atoms with Gasteiger partial charge in [-0.05, 0) is 87.1 Å². The van der Waals surface area contributed by atoms with Gasteiger partial charge in [-0.2, -0.15) is 0 Å². The molecule has 0 radical (unpaired) electrons. The van der Waals surface area contributed by atoms with Crippen LogP contribution in [0.2, 0.25) is 0 Å². The number of benzene rings is 2. The van der Waals surface area contributed by atoms with E-state index in [1.165, 1.54) is 101 Å². The molecule has 202 valence electrons. The second-order valence-corrected chi connectivity index (χ2v) is 10.0. The highest BCUT2D eigenvalue weighted by Crippen LogP contribution is 2.23. The molecule has 4 heteroatoms. The molecule has 0 fully saturated rings. The molecule has 0 aromatic heterocycles. The number of unbranched alkanes of at least 4 members (excludes halogenated alkanes) is 13. The first-order valence-electron chi connectivity index (χ1n) is 14.7. The van der Waals surface area contributed by atoms with Crippen molar-refractivity contribution in [2.24, 2.45) is 0 Å². The van der Waals surface area contributed by atoms with Crippen molar-refractivity contribution in [1.82, 2.24) is 0 Å². The molecule has 2 rings (SSSR count). The van der Waals surface area contributed by atoms with Crippen molar-refractivity contribution in [2.75, 3.05) is 24.7 Å². The van der Waals surface area contributed by atoms with Gasteiger partial charge < -0.3 is 20.9 Å². The summed E-state index contributed by atoms with van der Waals surface area (Å²) in [7, 11) is 0. The Morgan fingerprint density at radius 3 is 1.08 bits per heavy atom. The Morgan fingerprint density at radius 1 is 0.472 bits per heavy atom. The summed E-state index contributed by atoms with van der Waals surface area (Å²) in [5, 5.41) is 0. The highest BCUT2D eigenvalue weighted by Gasteiger charge is 2.04. The Balaban J connectivity index is 1.37. The van der Waals surface area contributed by atoms with Gasteiger partial charge in [0.1, 0.15) is 11.5 Å². The van der Waals surface area contributed by atoms with Gasteiger partial charge in [0.25, 0.3) is 0 Å². The third-order valence-electron chi connectivity index (χ3n) is 6.99. The predicted octanol–water partition coefficient (Wildman–Crippen LogP) is 8.90. The van der Waals surface area contributed by atoms with Crippen LogP contribution >= 0.6 is 0 Å². The Hall–Kier alpha value is -2.36. The first-order chi connectivity index (χ1) is 17.6. The van der Waals surface area contributed by atoms with Gasteiger partial charge in [-0.1, -0.05) is 77.0 Å². The molecule has 0 spiro atoms. The molecule has 0 unspecified atom stereocenters. The predicted molar refractivity (Wildman–Crippen MR) is 156 cm³/mol. The SMILES string of the molecule is CCOc1ccc(N)c(CCCCCCCCCCCCCCCCc2cc(OCC)ccc2N)c1. The van der Waals surface area contributed by atoms with Gasteiger partial charge in [0, 0.05) is 11.4 Å². The monoisotopic (exact) mass is 496 g/mol. The normalized spacial score (nSPS) is 11.1. The third-order valence-corrected chi connectivity index (χ3v) is 6.99. The van der Waals surface area contributed by atoms with Crippen LogP contribution in [-0.2, 0) is 12.8 Å². The maximum Gasteiger partial charge on any atom is 0.119 e. The number of hydrogen-bond donors (Lipinski definition) is 2. The topological polar surface area (TPSA) is 70.5 Å². The third kappa shape index (κ3) is 12.6. The number of nitrogen functional groups attached to an aromatic ring is 2. The van der Waals surface area contributed by atoms with Gasteiger partial charge in [-0.25, -0.2) is 0 Å². The van der Waals surface area contributed by atoms with Crippen LogP contribution in [0, 0.1) is 0 Å². The fourth-order valence-corrected chi connectivity index (χ4v) is 4.86. The maximum atomic E-state index is 6.12. The van der Waals surface area contributed by atoms with Crippen molar-refractivity contribution in [3.8, 4) is 11.5 Å². The number of anilines is 2. The van der Waals surface area contributed by atoms with Gasteiger partial charge in [-0.3, -0.25) is 0 Å². The van der Waals surface area contributed by atoms with Crippen molar-refractivity contribution in [1.29, 1.82) is 0 Å². The highest BCUT2D eigenvalue weighted by atomic mass is 16.5. The Labute approximate surface area is 221 Å². The second-order valence-electron chi connectivity index (χ2n) is 10.0. The zero-order valence-electron chi connectivity index (χ0n) is 23.2. The van der Waals surface area contributed by atoms with Crippen molar-refractivity contribution in [3.05, 3.63) is 47.5 Å². The number of ether oxygens (including phenoxy) is 2. The molecule has 0 saturated carbocycles. The summed E-state index contributed by atoms with van der Waals surface area (Å²) in [5.74, 6) is 1.87. The van der Waals surface area contributed by atoms with E-state index in [1.807, 2.05) is 38.1 Å². The van der Waals surface area contributed by atoms with Crippen molar-refractivity contribution in [3.63, 3.8) is 0 Å². The molecule has 0 saturated heterocycles. The van der Waals surface area contributed by atoms with Crippen LogP contribution in [0.15, 0.2) is 36.4 Å². The summed E-state index contributed by atoms with van der Waals surface area (Å²) in [6.45, 7) is 5.43. The smallest absolute Gasteiger partial charge is 0.119 e. The molecule has 0 bridgehead atoms. The van der Waals surface area contributed by atoms with Crippen LogP contribution in [0.3, 0.4) is 0 Å². The summed E-state index contributed by atoms with van der Waals surface area (Å²) in [6.07, 6.45) is 20.9. The molecule has 0 aliphatic rings. The summed E-state index contributed by atoms with van der Waals surface area (Å²) in [5.41, 5.74) is 16.5. The van der Waals surface area contributed by atoms with Crippen LogP contribution in [-0.4, -0.2) is 13.2 Å². The van der Waals surface area contributed by atoms with Crippen LogP contribution in [0.4, 0.5) is 11.4 Å². The van der Waals surface area contributed by atoms with Gasteiger partial charge in [0.15, 0.2) is 0 Å². The highest BCUT2D eigenvalue weighted by molar-refractivity contribution is 5.51. The molecule has 0 aliphatic heterocycles. The van der Waals surface area contributed by atoms with E-state index in [2.05, 4.69) is 12.1 Å². The van der Waals surface area contributed by atoms with E-state index in [0.29, 0.717) is 13.2 Å². The summed E-state index contributed by atoms with van der Waals surface area (Å²) < 4.78 is 11.2. The fourth-order valence-electron chi connectivity index (χ4n) is 4.86. The number of aryl methyl sites for hydroxylation is 2. The molecule has 4 N–H and O–H groups in total. The lowest BCUT2D eigenvalue weighted by atomic mass is 10.0. The van der Waals surface area contributed by atoms with Crippen molar-refractivity contribution >= 4 is 11.4 Å². The minimum atomic E-state index is 0.700. The minimum absolute atomic E-state index is 0.700. The fraction of sp³-hybridized carbons (Fsp3) is 0.625. The molecule has 36 heavy (non-hydrogen) atoms. The zero-order valence-corrected chi connectivity index (χ0v) is 23.2. The van der Waals surface area contributed by atoms with Crippen LogP contribution in [0.1, 0.15) is 115 Å². The van der Waals surface area contributed by atoms with Crippen molar-refractivity contribution < 1.29 is 9.47 Å². The number of rotatable bonds is 21. The van der Waals surface area contributed by atoms with Crippen molar-refractivity contribution in [2.45, 2.75) is 117 Å². The second kappa shape index (κ2) is 18.8. The van der Waals surface area contributed by atoms with E-state index in [0.717, 1.165) is 35.7 Å². The van der Waals surface area contributed by atoms with E-state index in [1.54, 1.807) is 0 Å². The molecule has 0 aliphatic carbocycles. The quantitative estimate of drug-likeness (QED) is 0.134. The molecular weight excluding hydrogens is 444 g/mol. The summed E-state index contributed by atoms with van der Waals surface area (Å²) >= 11 is 0. The summed E-state index contributed by atoms with van der Waals surface area (Å²) in [6, 6.07) is 12.1. The molecule has 2 aromatic rings. The Morgan fingerprint density at radius 2 is 0.778 bits per heavy atom. The number of hydrogen-bond acceptors (Lipinski definition) is 4. The maximum absolute atomic E-state index is 6.12. The standard InChI is InChI=1S/C32H52N2O2/c1-3-35-29-21-23-31(33)27(25-29)19-17-15-13-11-9-7-5-6-8-10-12-14-16-18-20-28-26-30(36-4-2)22-24-32(28)34/h21-26H,3-20,33-34H2,1-2H3. The lowest BCUT2D eigenvalue weighted by molar-refractivity contribution is 0.339. The lowest BCUT2D eigenvalue weighted by Crippen LogP contribution is -1.98. The van der Waals surface area contributed by atoms with Crippen LogP contribution in [0.5, 0.6) is 11.5 Å². The van der Waals surface area contributed by atoms with E-state index >= 15 is 0 Å². The minimum Gasteiger partial charge on any atom is -0.494 e. The number of nitrogens with two attached hydrogens (primary N) is 2. The van der Waals surface area contributed by atoms with Gasteiger partial charge >= 0.3 is 0 Å². The first-order valence-corrected chi connectivity index (χ1v) is 14.7. The van der Waals surface area contributed by atoms with Gasteiger partial charge in [0.2, 0.25) is 0 Å². The molecule has 0 amide bonds. The van der Waals surface area contributed by atoms with Crippen LogP contribution in [0.25, 0.3) is 0 Å². The average Bonchev–Trinajstić information content (AvgIpc) is 2.87. The molecule has 2 aromatic carbocycles. The summed E-state index contributed by atoms with van der Waals surface area (Å²) in [4.78, 5) is 0. The molecular formula is C32H52N2O2. The van der Waals surface area contributed by atoms with Crippen LogP contribution < -0.4 is 20.9 Å². The largest absolute Gasteiger partial charge is 0.494 e. The Bertz CT molecular complexity index is 767. The average molecular weight is 497 g/mol. The van der Waals surface area contributed by atoms with E-state index in [-0.39, 0.29) is 0 Å². The van der Waals surface area contributed by atoms with E-state index in [9.17, 15) is 0 Å². The molecule has 0 heterocycles. The van der Waals surface area contributed by atoms with Gasteiger partial charge in [-0.15, -0.1) is 0 Å². The van der Waals surface area contributed by atoms with Gasteiger partial charge in [0.05, 0.1) is 13.2 Å². The van der Waals surface area contributed by atoms with E-state index in [4.69, 9.17) is 20.9 Å². The first kappa shape index (κ1) is 29.9. The lowest BCUT2D eigenvalue weighted by Gasteiger charge is -2.09.